The van der Waals surface area contributed by atoms with Crippen LogP contribution < -0.4 is 5.32 Å². The van der Waals surface area contributed by atoms with Gasteiger partial charge in [0, 0.05) is 13.0 Å². The minimum absolute atomic E-state index is 0.122. The van der Waals surface area contributed by atoms with Gasteiger partial charge in [0.05, 0.1) is 6.61 Å². The van der Waals surface area contributed by atoms with Crippen molar-refractivity contribution >= 4 is 11.9 Å². The van der Waals surface area contributed by atoms with Gasteiger partial charge in [0.25, 0.3) is 0 Å². The van der Waals surface area contributed by atoms with E-state index in [-0.39, 0.29) is 25.5 Å². The van der Waals surface area contributed by atoms with Gasteiger partial charge in [-0.05, 0) is 6.92 Å². The van der Waals surface area contributed by atoms with Gasteiger partial charge < -0.3 is 15.2 Å². The highest BCUT2D eigenvalue weighted by Gasteiger charge is 2.00. The van der Waals surface area contributed by atoms with Crippen LogP contribution in [0.1, 0.15) is 13.3 Å². The van der Waals surface area contributed by atoms with E-state index < -0.39 is 5.97 Å². The highest BCUT2D eigenvalue weighted by molar-refractivity contribution is 5.75. The molecule has 0 bridgehead atoms. The van der Waals surface area contributed by atoms with Crippen LogP contribution in [0.3, 0.4) is 0 Å². The third-order valence-corrected chi connectivity index (χ3v) is 1.07. The molecule has 0 aliphatic heterocycles. The molecule has 5 heteroatoms. The first-order valence-corrected chi connectivity index (χ1v) is 3.73. The summed E-state index contributed by atoms with van der Waals surface area (Å²) in [6, 6.07) is 0. The van der Waals surface area contributed by atoms with Crippen molar-refractivity contribution in [3.05, 3.63) is 0 Å². The maximum absolute atomic E-state index is 10.7. The summed E-state index contributed by atoms with van der Waals surface area (Å²) >= 11 is 0. The molecule has 0 heterocycles. The SMILES string of the molecule is CCNC(=O)CCOCC(=O)O. The molecule has 0 rings (SSSR count). The summed E-state index contributed by atoms with van der Waals surface area (Å²) in [6.45, 7) is 2.20. The monoisotopic (exact) mass is 175 g/mol. The summed E-state index contributed by atoms with van der Waals surface area (Å²) in [4.78, 5) is 20.7. The first-order valence-electron chi connectivity index (χ1n) is 3.73. The van der Waals surface area contributed by atoms with Crippen LogP contribution in [0.25, 0.3) is 0 Å². The zero-order chi connectivity index (χ0) is 9.40. The molecule has 0 fully saturated rings. The lowest BCUT2D eigenvalue weighted by molar-refractivity contribution is -0.142. The van der Waals surface area contributed by atoms with Crippen molar-refractivity contribution in [2.75, 3.05) is 19.8 Å². The molecule has 12 heavy (non-hydrogen) atoms. The van der Waals surface area contributed by atoms with Crippen LogP contribution in [-0.4, -0.2) is 36.7 Å². The van der Waals surface area contributed by atoms with Crippen molar-refractivity contribution in [2.45, 2.75) is 13.3 Å². The Balaban J connectivity index is 3.19. The Morgan fingerprint density at radius 2 is 2.17 bits per heavy atom. The molecule has 70 valence electrons. The van der Waals surface area contributed by atoms with Gasteiger partial charge >= 0.3 is 5.97 Å². The fraction of sp³-hybridized carbons (Fsp3) is 0.714. The number of ether oxygens (including phenoxy) is 1. The summed E-state index contributed by atoms with van der Waals surface area (Å²) in [5, 5.41) is 10.7. The molecule has 0 atom stereocenters. The molecule has 0 saturated heterocycles. The zero-order valence-electron chi connectivity index (χ0n) is 7.00. The van der Waals surface area contributed by atoms with E-state index in [9.17, 15) is 9.59 Å². The summed E-state index contributed by atoms with van der Waals surface area (Å²) in [5.74, 6) is -1.14. The molecule has 0 unspecified atom stereocenters. The van der Waals surface area contributed by atoms with Crippen LogP contribution in [-0.2, 0) is 14.3 Å². The first-order chi connectivity index (χ1) is 5.66. The Morgan fingerprint density at radius 1 is 1.50 bits per heavy atom. The van der Waals surface area contributed by atoms with Crippen LogP contribution in [0.4, 0.5) is 0 Å². The molecule has 0 radical (unpaired) electrons. The van der Waals surface area contributed by atoms with Crippen LogP contribution in [0.5, 0.6) is 0 Å². The van der Waals surface area contributed by atoms with Crippen LogP contribution in [0.15, 0.2) is 0 Å². The van der Waals surface area contributed by atoms with Crippen LogP contribution in [0.2, 0.25) is 0 Å². The fourth-order valence-corrected chi connectivity index (χ4v) is 0.610. The number of amides is 1. The van der Waals surface area contributed by atoms with Crippen molar-refractivity contribution in [2.24, 2.45) is 0 Å². The second kappa shape index (κ2) is 6.60. The Hall–Kier alpha value is -1.10. The molecule has 1 amide bonds. The lowest BCUT2D eigenvalue weighted by Crippen LogP contribution is -2.24. The number of carboxylic acids is 1. The lowest BCUT2D eigenvalue weighted by atomic mass is 10.4. The summed E-state index contributed by atoms with van der Waals surface area (Å²) < 4.78 is 4.65. The standard InChI is InChI=1S/C7H13NO4/c1-2-8-6(9)3-4-12-5-7(10)11/h2-5H2,1H3,(H,8,9)(H,10,11). The molecule has 0 saturated carbocycles. The predicted molar refractivity (Wildman–Crippen MR) is 41.8 cm³/mol. The van der Waals surface area contributed by atoms with Gasteiger partial charge in [0.2, 0.25) is 5.91 Å². The molecule has 2 N–H and O–H groups in total. The van der Waals surface area contributed by atoms with Crippen LogP contribution in [0, 0.1) is 0 Å². The van der Waals surface area contributed by atoms with E-state index in [1.165, 1.54) is 0 Å². The molecule has 0 aliphatic rings. The van der Waals surface area contributed by atoms with Crippen molar-refractivity contribution in [1.82, 2.24) is 5.32 Å². The lowest BCUT2D eigenvalue weighted by Gasteiger charge is -2.01. The summed E-state index contributed by atoms with van der Waals surface area (Å²) in [6.07, 6.45) is 0.209. The van der Waals surface area contributed by atoms with Crippen molar-refractivity contribution in [3.63, 3.8) is 0 Å². The third kappa shape index (κ3) is 7.01. The number of hydrogen-bond acceptors (Lipinski definition) is 3. The average molecular weight is 175 g/mol. The van der Waals surface area contributed by atoms with E-state index in [4.69, 9.17) is 5.11 Å². The summed E-state index contributed by atoms with van der Waals surface area (Å²) in [7, 11) is 0. The summed E-state index contributed by atoms with van der Waals surface area (Å²) in [5.41, 5.74) is 0. The second-order valence-electron chi connectivity index (χ2n) is 2.15. The van der Waals surface area contributed by atoms with Gasteiger partial charge in [-0.1, -0.05) is 0 Å². The Bertz CT molecular complexity index is 157. The average Bonchev–Trinajstić information content (AvgIpc) is 1.98. The van der Waals surface area contributed by atoms with Gasteiger partial charge in [-0.25, -0.2) is 4.79 Å². The minimum Gasteiger partial charge on any atom is -0.480 e. The normalized spacial score (nSPS) is 9.42. The zero-order valence-corrected chi connectivity index (χ0v) is 7.00. The molecule has 0 spiro atoms. The number of rotatable bonds is 6. The molecule has 0 aliphatic carbocycles. The first kappa shape index (κ1) is 10.9. The highest BCUT2D eigenvalue weighted by atomic mass is 16.5. The van der Waals surface area contributed by atoms with Gasteiger partial charge in [-0.2, -0.15) is 0 Å². The Kier molecular flexibility index (Phi) is 6.00. The highest BCUT2D eigenvalue weighted by Crippen LogP contribution is 1.82. The van der Waals surface area contributed by atoms with Gasteiger partial charge in [-0.3, -0.25) is 4.79 Å². The van der Waals surface area contributed by atoms with Crippen LogP contribution >= 0.6 is 0 Å². The van der Waals surface area contributed by atoms with E-state index in [0.717, 1.165) is 0 Å². The van der Waals surface area contributed by atoms with Crippen molar-refractivity contribution in [1.29, 1.82) is 0 Å². The molecule has 5 nitrogen and oxygen atoms in total. The third-order valence-electron chi connectivity index (χ3n) is 1.07. The van der Waals surface area contributed by atoms with E-state index in [0.29, 0.717) is 6.54 Å². The minimum atomic E-state index is -1.02. The largest absolute Gasteiger partial charge is 0.480 e. The molecular formula is C7H13NO4. The molecule has 0 aromatic carbocycles. The van der Waals surface area contributed by atoms with E-state index in [1.54, 1.807) is 0 Å². The van der Waals surface area contributed by atoms with E-state index in [1.807, 2.05) is 6.92 Å². The maximum Gasteiger partial charge on any atom is 0.329 e. The van der Waals surface area contributed by atoms with Gasteiger partial charge in [0.1, 0.15) is 6.61 Å². The van der Waals surface area contributed by atoms with Gasteiger partial charge in [0.15, 0.2) is 0 Å². The predicted octanol–water partition coefficient (Wildman–Crippen LogP) is -0.386. The number of carbonyl (C=O) groups is 2. The number of carbonyl (C=O) groups excluding carboxylic acids is 1. The second-order valence-corrected chi connectivity index (χ2v) is 2.15. The van der Waals surface area contributed by atoms with E-state index in [2.05, 4.69) is 10.1 Å². The fourth-order valence-electron chi connectivity index (χ4n) is 0.610. The van der Waals surface area contributed by atoms with Crippen molar-refractivity contribution in [3.8, 4) is 0 Å². The Labute approximate surface area is 70.7 Å². The van der Waals surface area contributed by atoms with Crippen molar-refractivity contribution < 1.29 is 19.4 Å². The number of aliphatic carboxylic acids is 1. The molecule has 0 aromatic rings. The topological polar surface area (TPSA) is 75.6 Å². The quantitative estimate of drug-likeness (QED) is 0.539. The molecular weight excluding hydrogens is 162 g/mol. The van der Waals surface area contributed by atoms with E-state index >= 15 is 0 Å². The number of carboxylic acid groups (broad SMARTS) is 1. The number of hydrogen-bond donors (Lipinski definition) is 2. The smallest absolute Gasteiger partial charge is 0.329 e. The molecule has 0 aromatic heterocycles. The number of nitrogens with one attached hydrogen (secondary N) is 1. The Morgan fingerprint density at radius 3 is 2.67 bits per heavy atom. The maximum atomic E-state index is 10.7. The van der Waals surface area contributed by atoms with Gasteiger partial charge in [-0.15, -0.1) is 0 Å².